The zero-order valence-corrected chi connectivity index (χ0v) is 11.0. The molecule has 17 heavy (non-hydrogen) atoms. The Hall–Kier alpha value is -1.12. The quantitative estimate of drug-likeness (QED) is 0.931. The summed E-state index contributed by atoms with van der Waals surface area (Å²) in [5.74, 6) is 0.620. The third-order valence-corrected chi connectivity index (χ3v) is 3.32. The maximum atomic E-state index is 8.96. The first kappa shape index (κ1) is 12.3. The molecule has 0 radical (unpaired) electrons. The van der Waals surface area contributed by atoms with E-state index in [1.54, 1.807) is 6.20 Å². The molecule has 2 rings (SSSR count). The molecule has 1 fully saturated rings. The Morgan fingerprint density at radius 1 is 1.53 bits per heavy atom. The molecule has 2 heterocycles. The van der Waals surface area contributed by atoms with Crippen molar-refractivity contribution in [2.24, 2.45) is 5.92 Å². The number of ether oxygens (including phenoxy) is 1. The zero-order valence-electron chi connectivity index (χ0n) is 9.45. The van der Waals surface area contributed by atoms with Gasteiger partial charge in [0.2, 0.25) is 0 Å². The Kier molecular flexibility index (Phi) is 4.35. The topological polar surface area (TPSA) is 57.9 Å². The Labute approximate surface area is 109 Å². The first-order valence-electron chi connectivity index (χ1n) is 5.67. The van der Waals surface area contributed by atoms with E-state index in [1.807, 2.05) is 6.07 Å². The molecule has 1 aromatic heterocycles. The number of nitriles is 1. The second-order valence-corrected chi connectivity index (χ2v) is 5.01. The number of rotatable bonds is 3. The van der Waals surface area contributed by atoms with Crippen LogP contribution < -0.4 is 5.32 Å². The van der Waals surface area contributed by atoms with E-state index in [1.165, 1.54) is 0 Å². The summed E-state index contributed by atoms with van der Waals surface area (Å²) in [7, 11) is 0. The molecule has 0 amide bonds. The Balaban J connectivity index is 1.98. The minimum atomic E-state index is 0.445. The number of halogens is 1. The summed E-state index contributed by atoms with van der Waals surface area (Å²) in [6.45, 7) is 2.55. The molecule has 0 unspecified atom stereocenters. The van der Waals surface area contributed by atoms with Crippen LogP contribution >= 0.6 is 15.9 Å². The second-order valence-electron chi connectivity index (χ2n) is 4.10. The number of aromatic nitrogens is 1. The lowest BCUT2D eigenvalue weighted by atomic mass is 10.0. The van der Waals surface area contributed by atoms with Crippen LogP contribution in [0.3, 0.4) is 0 Å². The van der Waals surface area contributed by atoms with Gasteiger partial charge in [-0.1, -0.05) is 0 Å². The minimum Gasteiger partial charge on any atom is -0.382 e. The largest absolute Gasteiger partial charge is 0.382 e. The van der Waals surface area contributed by atoms with E-state index in [2.05, 4.69) is 32.3 Å². The summed E-state index contributed by atoms with van der Waals surface area (Å²) in [6.07, 6.45) is 3.80. The van der Waals surface area contributed by atoms with Crippen LogP contribution in [0, 0.1) is 17.2 Å². The smallest absolute Gasteiger partial charge is 0.163 e. The van der Waals surface area contributed by atoms with Crippen molar-refractivity contribution in [2.75, 3.05) is 25.1 Å². The van der Waals surface area contributed by atoms with E-state index < -0.39 is 0 Å². The fourth-order valence-electron chi connectivity index (χ4n) is 1.87. The molecule has 4 nitrogen and oxygen atoms in total. The van der Waals surface area contributed by atoms with Crippen LogP contribution in [0.4, 0.5) is 5.69 Å². The monoisotopic (exact) mass is 295 g/mol. The van der Waals surface area contributed by atoms with Gasteiger partial charge in [0.15, 0.2) is 5.69 Å². The molecule has 1 aliphatic rings. The predicted molar refractivity (Wildman–Crippen MR) is 68.7 cm³/mol. The van der Waals surface area contributed by atoms with Crippen molar-refractivity contribution < 1.29 is 4.74 Å². The maximum absolute atomic E-state index is 8.96. The number of pyridine rings is 1. The van der Waals surface area contributed by atoms with Crippen molar-refractivity contribution in [2.45, 2.75) is 12.8 Å². The average Bonchev–Trinajstić information content (AvgIpc) is 2.38. The zero-order chi connectivity index (χ0) is 12.1. The van der Waals surface area contributed by atoms with E-state index in [-0.39, 0.29) is 0 Å². The molecular weight excluding hydrogens is 282 g/mol. The van der Waals surface area contributed by atoms with Gasteiger partial charge in [0.05, 0.1) is 5.69 Å². The van der Waals surface area contributed by atoms with Crippen molar-refractivity contribution in [3.8, 4) is 6.07 Å². The van der Waals surface area contributed by atoms with Crippen molar-refractivity contribution in [1.29, 1.82) is 5.26 Å². The number of hydrogen-bond donors (Lipinski definition) is 1. The molecule has 1 aromatic rings. The molecule has 0 spiro atoms. The lowest BCUT2D eigenvalue weighted by Gasteiger charge is -2.22. The van der Waals surface area contributed by atoms with Gasteiger partial charge in [0.25, 0.3) is 0 Å². The van der Waals surface area contributed by atoms with Crippen LogP contribution in [-0.4, -0.2) is 24.7 Å². The van der Waals surface area contributed by atoms with Crippen LogP contribution in [0.5, 0.6) is 0 Å². The van der Waals surface area contributed by atoms with Crippen molar-refractivity contribution in [3.63, 3.8) is 0 Å². The van der Waals surface area contributed by atoms with Crippen LogP contribution in [0.15, 0.2) is 16.7 Å². The normalized spacial score (nSPS) is 16.5. The van der Waals surface area contributed by atoms with Gasteiger partial charge in [-0.3, -0.25) is 0 Å². The van der Waals surface area contributed by atoms with Gasteiger partial charge >= 0.3 is 0 Å². The highest BCUT2D eigenvalue weighted by Gasteiger charge is 2.14. The van der Waals surface area contributed by atoms with Gasteiger partial charge in [-0.2, -0.15) is 5.26 Å². The molecule has 0 bridgehead atoms. The van der Waals surface area contributed by atoms with Gasteiger partial charge in [-0.25, -0.2) is 4.98 Å². The van der Waals surface area contributed by atoms with Crippen LogP contribution in [0.25, 0.3) is 0 Å². The summed E-state index contributed by atoms with van der Waals surface area (Å²) in [4.78, 5) is 4.07. The lowest BCUT2D eigenvalue weighted by Crippen LogP contribution is -2.23. The minimum absolute atomic E-state index is 0.445. The first-order chi connectivity index (χ1) is 8.29. The van der Waals surface area contributed by atoms with E-state index in [9.17, 15) is 0 Å². The highest BCUT2D eigenvalue weighted by Crippen LogP contribution is 2.20. The SMILES string of the molecule is N#Cc1ncc(Br)cc1NCC1CCOCC1. The summed E-state index contributed by atoms with van der Waals surface area (Å²) >= 11 is 3.36. The maximum Gasteiger partial charge on any atom is 0.163 e. The Morgan fingerprint density at radius 2 is 2.29 bits per heavy atom. The summed E-state index contributed by atoms with van der Waals surface area (Å²) in [5, 5.41) is 12.3. The van der Waals surface area contributed by atoms with Crippen LogP contribution in [0.2, 0.25) is 0 Å². The predicted octanol–water partition coefficient (Wildman–Crippen LogP) is 2.55. The van der Waals surface area contributed by atoms with E-state index in [4.69, 9.17) is 10.00 Å². The fraction of sp³-hybridized carbons (Fsp3) is 0.500. The van der Waals surface area contributed by atoms with E-state index in [0.29, 0.717) is 11.6 Å². The third kappa shape index (κ3) is 3.42. The van der Waals surface area contributed by atoms with Crippen molar-refractivity contribution in [3.05, 3.63) is 22.4 Å². The molecule has 0 aromatic carbocycles. The molecular formula is C12H14BrN3O. The summed E-state index contributed by atoms with van der Waals surface area (Å²) < 4.78 is 6.20. The molecule has 1 saturated heterocycles. The van der Waals surface area contributed by atoms with Crippen molar-refractivity contribution in [1.82, 2.24) is 4.98 Å². The number of nitrogens with one attached hydrogen (secondary N) is 1. The summed E-state index contributed by atoms with van der Waals surface area (Å²) in [6, 6.07) is 3.99. The number of anilines is 1. The lowest BCUT2D eigenvalue weighted by molar-refractivity contribution is 0.0699. The fourth-order valence-corrected chi connectivity index (χ4v) is 2.20. The van der Waals surface area contributed by atoms with Crippen molar-refractivity contribution >= 4 is 21.6 Å². The van der Waals surface area contributed by atoms with Gasteiger partial charge in [-0.05, 0) is 40.8 Å². The van der Waals surface area contributed by atoms with Crippen LogP contribution in [-0.2, 0) is 4.74 Å². The molecule has 90 valence electrons. The molecule has 5 heteroatoms. The standard InChI is InChI=1S/C12H14BrN3O/c13-10-5-11(12(6-14)16-8-10)15-7-9-1-3-17-4-2-9/h5,8-9,15H,1-4,7H2. The summed E-state index contributed by atoms with van der Waals surface area (Å²) in [5.41, 5.74) is 1.24. The second kappa shape index (κ2) is 5.99. The average molecular weight is 296 g/mol. The van der Waals surface area contributed by atoms with E-state index in [0.717, 1.165) is 42.8 Å². The molecule has 1 aliphatic heterocycles. The first-order valence-corrected chi connectivity index (χ1v) is 6.46. The van der Waals surface area contributed by atoms with Gasteiger partial charge in [0, 0.05) is 30.4 Å². The van der Waals surface area contributed by atoms with Gasteiger partial charge in [0.1, 0.15) is 6.07 Å². The van der Waals surface area contributed by atoms with Crippen LogP contribution in [0.1, 0.15) is 18.5 Å². The Morgan fingerprint density at radius 3 is 3.00 bits per heavy atom. The van der Waals surface area contributed by atoms with Gasteiger partial charge < -0.3 is 10.1 Å². The molecule has 0 atom stereocenters. The van der Waals surface area contributed by atoms with Gasteiger partial charge in [-0.15, -0.1) is 0 Å². The highest BCUT2D eigenvalue weighted by molar-refractivity contribution is 9.10. The Bertz CT molecular complexity index is 424. The highest BCUT2D eigenvalue weighted by atomic mass is 79.9. The number of hydrogen-bond acceptors (Lipinski definition) is 4. The molecule has 0 saturated carbocycles. The molecule has 1 N–H and O–H groups in total. The molecule has 0 aliphatic carbocycles. The van der Waals surface area contributed by atoms with E-state index >= 15 is 0 Å². The third-order valence-electron chi connectivity index (χ3n) is 2.88. The number of nitrogens with zero attached hydrogens (tertiary/aromatic N) is 2.